The second-order valence-corrected chi connectivity index (χ2v) is 4.12. The molecule has 0 heterocycles. The Kier molecular flexibility index (Phi) is 3.34. The highest BCUT2D eigenvalue weighted by Gasteiger charge is 2.25. The van der Waals surface area contributed by atoms with E-state index in [0.717, 1.165) is 12.0 Å². The summed E-state index contributed by atoms with van der Waals surface area (Å²) in [6.45, 7) is 0. The topological polar surface area (TPSA) is 46.2 Å². The van der Waals surface area contributed by atoms with E-state index in [1.54, 1.807) is 0 Å². The van der Waals surface area contributed by atoms with Crippen molar-refractivity contribution in [3.63, 3.8) is 0 Å². The van der Waals surface area contributed by atoms with Crippen LogP contribution in [0, 0.1) is 0 Å². The summed E-state index contributed by atoms with van der Waals surface area (Å²) in [6.07, 6.45) is 3.74. The van der Waals surface area contributed by atoms with Crippen LogP contribution in [0.25, 0.3) is 0 Å². The fourth-order valence-corrected chi connectivity index (χ4v) is 1.76. The second-order valence-electron chi connectivity index (χ2n) is 4.12. The molecular weight excluding hydrogens is 202 g/mol. The summed E-state index contributed by atoms with van der Waals surface area (Å²) in [5.74, 6) is 0.530. The van der Waals surface area contributed by atoms with E-state index in [1.165, 1.54) is 18.4 Å². The molecule has 1 aromatic rings. The molecule has 1 amide bonds. The van der Waals surface area contributed by atoms with Gasteiger partial charge < -0.3 is 10.1 Å². The van der Waals surface area contributed by atoms with Gasteiger partial charge in [0.25, 0.3) is 0 Å². The molecule has 0 aliphatic heterocycles. The smallest absolute Gasteiger partial charge is 0.224 e. The predicted octanol–water partition coefficient (Wildman–Crippen LogP) is 2.48. The number of carbonyl (C=O) groups is 2. The maximum absolute atomic E-state index is 11.5. The quantitative estimate of drug-likeness (QED) is 0.770. The average molecular weight is 217 g/mol. The van der Waals surface area contributed by atoms with Gasteiger partial charge in [0, 0.05) is 18.5 Å². The molecule has 0 unspecified atom stereocenters. The summed E-state index contributed by atoms with van der Waals surface area (Å²) in [5.41, 5.74) is 2.13. The lowest BCUT2D eigenvalue weighted by Crippen LogP contribution is -2.12. The van der Waals surface area contributed by atoms with Gasteiger partial charge in [-0.25, -0.2) is 0 Å². The van der Waals surface area contributed by atoms with Crippen LogP contribution in [0.2, 0.25) is 0 Å². The highest BCUT2D eigenvalue weighted by atomic mass is 16.1. The molecule has 1 aromatic carbocycles. The molecule has 0 spiro atoms. The van der Waals surface area contributed by atoms with Crippen LogP contribution in [0.5, 0.6) is 0 Å². The maximum atomic E-state index is 11.5. The van der Waals surface area contributed by atoms with Gasteiger partial charge >= 0.3 is 0 Å². The molecule has 0 saturated heterocycles. The summed E-state index contributed by atoms with van der Waals surface area (Å²) < 4.78 is 0. The Balaban J connectivity index is 2.02. The molecule has 1 fully saturated rings. The van der Waals surface area contributed by atoms with Crippen LogP contribution in [0.3, 0.4) is 0 Å². The molecule has 2 rings (SSSR count). The Morgan fingerprint density at radius 2 is 2.12 bits per heavy atom. The number of hydrogen-bond donors (Lipinski definition) is 1. The molecule has 3 heteroatoms. The van der Waals surface area contributed by atoms with Crippen molar-refractivity contribution in [3.05, 3.63) is 29.8 Å². The minimum atomic E-state index is -0.0831. The van der Waals surface area contributed by atoms with Gasteiger partial charge in [-0.1, -0.05) is 18.2 Å². The van der Waals surface area contributed by atoms with E-state index in [2.05, 4.69) is 11.4 Å². The summed E-state index contributed by atoms with van der Waals surface area (Å²) in [6, 6.07) is 7.90. The molecule has 0 radical (unpaired) electrons. The third-order valence-corrected chi connectivity index (χ3v) is 2.74. The van der Waals surface area contributed by atoms with Crippen molar-refractivity contribution in [1.29, 1.82) is 0 Å². The van der Waals surface area contributed by atoms with Gasteiger partial charge in [-0.15, -0.1) is 0 Å². The first-order valence-electron chi connectivity index (χ1n) is 5.63. The van der Waals surface area contributed by atoms with Crippen molar-refractivity contribution in [3.8, 4) is 0 Å². The number of nitrogens with one attached hydrogen (secondary N) is 1. The van der Waals surface area contributed by atoms with E-state index < -0.39 is 0 Å². The lowest BCUT2D eigenvalue weighted by atomic mass is 10.1. The standard InChI is InChI=1S/C13H15NO2/c15-9-3-6-13(16)14-12-5-2-1-4-11(12)10-7-8-10/h1-2,4-5,9-10H,3,6-8H2,(H,14,16). The van der Waals surface area contributed by atoms with Crippen molar-refractivity contribution in [1.82, 2.24) is 0 Å². The molecule has 84 valence electrons. The number of hydrogen-bond acceptors (Lipinski definition) is 2. The Bertz CT molecular complexity index is 397. The number of amides is 1. The summed E-state index contributed by atoms with van der Waals surface area (Å²) in [5, 5.41) is 2.87. The lowest BCUT2D eigenvalue weighted by Gasteiger charge is -2.09. The van der Waals surface area contributed by atoms with Gasteiger partial charge in [0.05, 0.1) is 0 Å². The zero-order valence-electron chi connectivity index (χ0n) is 9.11. The molecular formula is C13H15NO2. The highest BCUT2D eigenvalue weighted by Crippen LogP contribution is 2.43. The Morgan fingerprint density at radius 1 is 1.38 bits per heavy atom. The molecule has 1 aliphatic carbocycles. The fourth-order valence-electron chi connectivity index (χ4n) is 1.76. The monoisotopic (exact) mass is 217 g/mol. The van der Waals surface area contributed by atoms with E-state index in [-0.39, 0.29) is 18.7 Å². The van der Waals surface area contributed by atoms with E-state index >= 15 is 0 Å². The highest BCUT2D eigenvalue weighted by molar-refractivity contribution is 5.92. The first-order valence-corrected chi connectivity index (χ1v) is 5.63. The van der Waals surface area contributed by atoms with Crippen molar-refractivity contribution in [2.45, 2.75) is 31.6 Å². The minimum absolute atomic E-state index is 0.0831. The van der Waals surface area contributed by atoms with E-state index in [9.17, 15) is 9.59 Å². The van der Waals surface area contributed by atoms with Crippen molar-refractivity contribution >= 4 is 17.9 Å². The zero-order chi connectivity index (χ0) is 11.4. The van der Waals surface area contributed by atoms with Gasteiger partial charge in [0.2, 0.25) is 5.91 Å². The van der Waals surface area contributed by atoms with Crippen molar-refractivity contribution in [2.24, 2.45) is 0 Å². The summed E-state index contributed by atoms with van der Waals surface area (Å²) in [4.78, 5) is 21.7. The molecule has 1 aliphatic rings. The lowest BCUT2D eigenvalue weighted by molar-refractivity contribution is -0.118. The van der Waals surface area contributed by atoms with E-state index in [0.29, 0.717) is 5.92 Å². The molecule has 1 N–H and O–H groups in total. The van der Waals surface area contributed by atoms with E-state index in [1.807, 2.05) is 18.2 Å². The van der Waals surface area contributed by atoms with E-state index in [4.69, 9.17) is 0 Å². The van der Waals surface area contributed by atoms with Crippen molar-refractivity contribution < 1.29 is 9.59 Å². The molecule has 0 aromatic heterocycles. The van der Waals surface area contributed by atoms with Crippen LogP contribution >= 0.6 is 0 Å². The van der Waals surface area contributed by atoms with Gasteiger partial charge in [0.1, 0.15) is 6.29 Å². The molecule has 16 heavy (non-hydrogen) atoms. The van der Waals surface area contributed by atoms with Crippen LogP contribution in [0.15, 0.2) is 24.3 Å². The first-order chi connectivity index (χ1) is 7.81. The zero-order valence-corrected chi connectivity index (χ0v) is 9.11. The number of carbonyl (C=O) groups excluding carboxylic acids is 2. The largest absolute Gasteiger partial charge is 0.326 e. The number of rotatable bonds is 5. The van der Waals surface area contributed by atoms with Crippen LogP contribution in [0.4, 0.5) is 5.69 Å². The van der Waals surface area contributed by atoms with Gasteiger partial charge in [-0.2, -0.15) is 0 Å². The van der Waals surface area contributed by atoms with Crippen LogP contribution in [0.1, 0.15) is 37.2 Å². The van der Waals surface area contributed by atoms with Gasteiger partial charge in [-0.3, -0.25) is 4.79 Å². The molecule has 1 saturated carbocycles. The summed E-state index contributed by atoms with van der Waals surface area (Å²) in [7, 11) is 0. The minimum Gasteiger partial charge on any atom is -0.326 e. The fraction of sp³-hybridized carbons (Fsp3) is 0.385. The Morgan fingerprint density at radius 3 is 2.81 bits per heavy atom. The van der Waals surface area contributed by atoms with Crippen LogP contribution < -0.4 is 5.32 Å². The second kappa shape index (κ2) is 4.92. The predicted molar refractivity (Wildman–Crippen MR) is 62.3 cm³/mol. The van der Waals surface area contributed by atoms with Crippen molar-refractivity contribution in [2.75, 3.05) is 5.32 Å². The number of benzene rings is 1. The molecule has 0 atom stereocenters. The molecule has 3 nitrogen and oxygen atoms in total. The first kappa shape index (κ1) is 10.9. The maximum Gasteiger partial charge on any atom is 0.224 e. The molecule has 0 bridgehead atoms. The number of aldehydes is 1. The number of anilines is 1. The van der Waals surface area contributed by atoms with Gasteiger partial charge in [-0.05, 0) is 30.4 Å². The normalized spacial score (nSPS) is 14.5. The third-order valence-electron chi connectivity index (χ3n) is 2.74. The van der Waals surface area contributed by atoms with Gasteiger partial charge in [0.15, 0.2) is 0 Å². The number of para-hydroxylation sites is 1. The Hall–Kier alpha value is -1.64. The SMILES string of the molecule is O=CCCC(=O)Nc1ccccc1C1CC1. The van der Waals surface area contributed by atoms with Crippen LogP contribution in [-0.2, 0) is 9.59 Å². The van der Waals surface area contributed by atoms with Crippen LogP contribution in [-0.4, -0.2) is 12.2 Å². The summed E-state index contributed by atoms with van der Waals surface area (Å²) >= 11 is 0. The third kappa shape index (κ3) is 2.69. The average Bonchev–Trinajstić information content (AvgIpc) is 3.11. The Labute approximate surface area is 94.9 Å².